The summed E-state index contributed by atoms with van der Waals surface area (Å²) in [6.45, 7) is 9.34. The van der Waals surface area contributed by atoms with E-state index in [9.17, 15) is 0 Å². The predicted octanol–water partition coefficient (Wildman–Crippen LogP) is 4.96. The summed E-state index contributed by atoms with van der Waals surface area (Å²) in [6.07, 6.45) is 4.57. The molecular weight excluding hydrogens is 334 g/mol. The molecule has 0 saturated heterocycles. The molecule has 0 spiro atoms. The van der Waals surface area contributed by atoms with Gasteiger partial charge in [-0.2, -0.15) is 0 Å². The zero-order valence-corrected chi connectivity index (χ0v) is 17.3. The Morgan fingerprint density at radius 3 is 2.70 bits per heavy atom. The molecule has 27 heavy (non-hydrogen) atoms. The molecule has 1 unspecified atom stereocenters. The van der Waals surface area contributed by atoms with E-state index in [-0.39, 0.29) is 0 Å². The third-order valence-electron chi connectivity index (χ3n) is 5.64. The second-order valence-electron chi connectivity index (χ2n) is 7.65. The van der Waals surface area contributed by atoms with Gasteiger partial charge in [-0.1, -0.05) is 31.2 Å². The van der Waals surface area contributed by atoms with Crippen molar-refractivity contribution in [1.29, 1.82) is 0 Å². The normalized spacial score (nSPS) is 16.3. The Morgan fingerprint density at radius 1 is 1.07 bits per heavy atom. The summed E-state index contributed by atoms with van der Waals surface area (Å²) in [7, 11) is 1.77. The topological polar surface area (TPSA) is 21.7 Å². The minimum absolute atomic E-state index is 0.590. The first-order chi connectivity index (χ1) is 13.1. The molecule has 0 aliphatic heterocycles. The molecule has 0 N–H and O–H groups in total. The average Bonchev–Trinajstić information content (AvgIpc) is 2.69. The lowest BCUT2D eigenvalue weighted by atomic mass is 9.86. The largest absolute Gasteiger partial charge is 0.496 e. The number of nitrogens with zero attached hydrogens (tertiary/aromatic N) is 1. The van der Waals surface area contributed by atoms with E-state index in [0.717, 1.165) is 44.0 Å². The maximum Gasteiger partial charge on any atom is 0.122 e. The van der Waals surface area contributed by atoms with Crippen molar-refractivity contribution in [2.24, 2.45) is 0 Å². The van der Waals surface area contributed by atoms with Crippen LogP contribution in [-0.2, 0) is 12.8 Å². The first-order valence-corrected chi connectivity index (χ1v) is 10.2. The van der Waals surface area contributed by atoms with Gasteiger partial charge in [0, 0.05) is 12.6 Å². The summed E-state index contributed by atoms with van der Waals surface area (Å²) < 4.78 is 11.7. The van der Waals surface area contributed by atoms with Gasteiger partial charge in [0.1, 0.15) is 18.1 Å². The van der Waals surface area contributed by atoms with Gasteiger partial charge in [-0.3, -0.25) is 4.90 Å². The highest BCUT2D eigenvalue weighted by atomic mass is 16.5. The first-order valence-electron chi connectivity index (χ1n) is 10.2. The summed E-state index contributed by atoms with van der Waals surface area (Å²) in [5.41, 5.74) is 5.31. The second-order valence-corrected chi connectivity index (χ2v) is 7.65. The van der Waals surface area contributed by atoms with Crippen LogP contribution in [0, 0.1) is 13.8 Å². The SMILES string of the molecule is CCCN(CCOc1cc(C)ccc1C)C1CCc2c(cccc2OC)C1. The minimum atomic E-state index is 0.590. The van der Waals surface area contributed by atoms with Gasteiger partial charge in [0.15, 0.2) is 0 Å². The Kier molecular flexibility index (Phi) is 6.78. The van der Waals surface area contributed by atoms with Crippen molar-refractivity contribution in [1.82, 2.24) is 4.90 Å². The number of benzene rings is 2. The molecule has 0 radical (unpaired) electrons. The van der Waals surface area contributed by atoms with Crippen LogP contribution in [0.2, 0.25) is 0 Å². The molecule has 0 heterocycles. The van der Waals surface area contributed by atoms with Gasteiger partial charge in [-0.15, -0.1) is 0 Å². The van der Waals surface area contributed by atoms with Crippen molar-refractivity contribution in [3.05, 3.63) is 58.7 Å². The van der Waals surface area contributed by atoms with Crippen molar-refractivity contribution >= 4 is 0 Å². The van der Waals surface area contributed by atoms with Crippen molar-refractivity contribution in [2.75, 3.05) is 26.8 Å². The zero-order chi connectivity index (χ0) is 19.2. The minimum Gasteiger partial charge on any atom is -0.496 e. The number of aryl methyl sites for hydroxylation is 2. The van der Waals surface area contributed by atoms with E-state index in [4.69, 9.17) is 9.47 Å². The lowest BCUT2D eigenvalue weighted by molar-refractivity contribution is 0.147. The van der Waals surface area contributed by atoms with E-state index < -0.39 is 0 Å². The Morgan fingerprint density at radius 2 is 1.93 bits per heavy atom. The van der Waals surface area contributed by atoms with E-state index in [1.54, 1.807) is 7.11 Å². The van der Waals surface area contributed by atoms with E-state index in [2.05, 4.69) is 62.1 Å². The highest BCUT2D eigenvalue weighted by Crippen LogP contribution is 2.31. The van der Waals surface area contributed by atoms with Crippen LogP contribution in [0.25, 0.3) is 0 Å². The van der Waals surface area contributed by atoms with Crippen LogP contribution in [0.5, 0.6) is 11.5 Å². The molecule has 3 rings (SSSR count). The molecule has 0 saturated carbocycles. The highest BCUT2D eigenvalue weighted by Gasteiger charge is 2.25. The molecule has 1 aliphatic carbocycles. The van der Waals surface area contributed by atoms with Crippen molar-refractivity contribution < 1.29 is 9.47 Å². The third-order valence-corrected chi connectivity index (χ3v) is 5.64. The Hall–Kier alpha value is -2.00. The molecule has 0 aromatic heterocycles. The van der Waals surface area contributed by atoms with Crippen LogP contribution in [0.3, 0.4) is 0 Å². The average molecular weight is 368 g/mol. The zero-order valence-electron chi connectivity index (χ0n) is 17.3. The van der Waals surface area contributed by atoms with Crippen LogP contribution < -0.4 is 9.47 Å². The molecule has 0 amide bonds. The summed E-state index contributed by atoms with van der Waals surface area (Å²) >= 11 is 0. The molecule has 3 heteroatoms. The summed E-state index contributed by atoms with van der Waals surface area (Å²) in [5, 5.41) is 0. The van der Waals surface area contributed by atoms with Gasteiger partial charge in [0.25, 0.3) is 0 Å². The maximum absolute atomic E-state index is 6.13. The fourth-order valence-corrected chi connectivity index (χ4v) is 4.16. The standard InChI is InChI=1S/C24H33NO2/c1-5-13-25(14-15-27-24-16-18(2)9-10-19(24)3)21-11-12-22-20(17-21)7-6-8-23(22)26-4/h6-10,16,21H,5,11-15,17H2,1-4H3. The Labute approximate surface area is 164 Å². The Balaban J connectivity index is 1.63. The van der Waals surface area contributed by atoms with Crippen LogP contribution in [-0.4, -0.2) is 37.7 Å². The van der Waals surface area contributed by atoms with Gasteiger partial charge < -0.3 is 9.47 Å². The van der Waals surface area contributed by atoms with Gasteiger partial charge in [0.05, 0.1) is 7.11 Å². The monoisotopic (exact) mass is 367 g/mol. The quantitative estimate of drug-likeness (QED) is 0.658. The van der Waals surface area contributed by atoms with Crippen molar-refractivity contribution in [3.8, 4) is 11.5 Å². The fourth-order valence-electron chi connectivity index (χ4n) is 4.16. The fraction of sp³-hybridized carbons (Fsp3) is 0.500. The smallest absolute Gasteiger partial charge is 0.122 e. The van der Waals surface area contributed by atoms with Gasteiger partial charge >= 0.3 is 0 Å². The van der Waals surface area contributed by atoms with Crippen molar-refractivity contribution in [2.45, 2.75) is 52.5 Å². The van der Waals surface area contributed by atoms with E-state index in [1.807, 2.05) is 0 Å². The van der Waals surface area contributed by atoms with E-state index in [0.29, 0.717) is 6.04 Å². The van der Waals surface area contributed by atoms with Crippen LogP contribution in [0.15, 0.2) is 36.4 Å². The molecular formula is C24H33NO2. The van der Waals surface area contributed by atoms with Gasteiger partial charge in [0.2, 0.25) is 0 Å². The number of fused-ring (bicyclic) bond motifs is 1. The number of hydrogen-bond donors (Lipinski definition) is 0. The lowest BCUT2D eigenvalue weighted by Gasteiger charge is -2.35. The lowest BCUT2D eigenvalue weighted by Crippen LogP contribution is -2.42. The first kappa shape index (κ1) is 19.8. The van der Waals surface area contributed by atoms with Crippen LogP contribution in [0.1, 0.15) is 42.0 Å². The molecule has 0 bridgehead atoms. The summed E-state index contributed by atoms with van der Waals surface area (Å²) in [4.78, 5) is 2.62. The highest BCUT2D eigenvalue weighted by molar-refractivity contribution is 5.42. The number of rotatable bonds is 8. The van der Waals surface area contributed by atoms with E-state index >= 15 is 0 Å². The maximum atomic E-state index is 6.13. The molecule has 1 atom stereocenters. The number of hydrogen-bond acceptors (Lipinski definition) is 3. The summed E-state index contributed by atoms with van der Waals surface area (Å²) in [6, 6.07) is 13.5. The Bertz CT molecular complexity index is 756. The van der Waals surface area contributed by atoms with Crippen LogP contribution >= 0.6 is 0 Å². The molecule has 2 aromatic rings. The van der Waals surface area contributed by atoms with Crippen molar-refractivity contribution in [3.63, 3.8) is 0 Å². The van der Waals surface area contributed by atoms with E-state index in [1.165, 1.54) is 35.1 Å². The molecule has 146 valence electrons. The van der Waals surface area contributed by atoms with Gasteiger partial charge in [-0.25, -0.2) is 0 Å². The molecule has 2 aromatic carbocycles. The molecule has 3 nitrogen and oxygen atoms in total. The number of ether oxygens (including phenoxy) is 2. The van der Waals surface area contributed by atoms with Gasteiger partial charge in [-0.05, 0) is 80.5 Å². The predicted molar refractivity (Wildman–Crippen MR) is 112 cm³/mol. The van der Waals surface area contributed by atoms with Crippen LogP contribution in [0.4, 0.5) is 0 Å². The second kappa shape index (κ2) is 9.27. The number of methoxy groups -OCH3 is 1. The molecule has 0 fully saturated rings. The molecule has 1 aliphatic rings. The third kappa shape index (κ3) is 4.84. The summed E-state index contributed by atoms with van der Waals surface area (Å²) in [5.74, 6) is 2.07.